The molecule has 0 amide bonds. The van der Waals surface area contributed by atoms with Crippen LogP contribution in [-0.2, 0) is 5.41 Å². The molecule has 0 aromatic heterocycles. The molecule has 0 aliphatic heterocycles. The van der Waals surface area contributed by atoms with E-state index in [4.69, 9.17) is 4.74 Å². The van der Waals surface area contributed by atoms with Crippen molar-refractivity contribution in [1.82, 2.24) is 0 Å². The Labute approximate surface area is 90.3 Å². The van der Waals surface area contributed by atoms with Gasteiger partial charge in [-0.15, -0.1) is 0 Å². The van der Waals surface area contributed by atoms with Crippen molar-refractivity contribution in [3.8, 4) is 5.75 Å². The van der Waals surface area contributed by atoms with Crippen molar-refractivity contribution >= 4 is 0 Å². The Hall–Kier alpha value is -1.05. The Morgan fingerprint density at radius 2 is 1.93 bits per heavy atom. The minimum absolute atomic E-state index is 0.151. The molecule has 0 bridgehead atoms. The number of hydrogen-bond donors (Lipinski definition) is 0. The quantitative estimate of drug-likeness (QED) is 0.720. The Bertz CT molecular complexity index is 361. The molecule has 15 heavy (non-hydrogen) atoms. The first-order valence-electron chi connectivity index (χ1n) is 5.43. The summed E-state index contributed by atoms with van der Waals surface area (Å²) in [6, 6.07) is 5.19. The zero-order valence-corrected chi connectivity index (χ0v) is 9.51. The van der Waals surface area contributed by atoms with Crippen molar-refractivity contribution in [3.05, 3.63) is 29.6 Å². The smallest absolute Gasteiger partial charge is 0.130 e. The van der Waals surface area contributed by atoms with Crippen molar-refractivity contribution in [2.75, 3.05) is 0 Å². The zero-order chi connectivity index (χ0) is 11.1. The van der Waals surface area contributed by atoms with Gasteiger partial charge in [-0.1, -0.05) is 26.8 Å². The first-order valence-corrected chi connectivity index (χ1v) is 5.43. The van der Waals surface area contributed by atoms with Crippen LogP contribution >= 0.6 is 0 Å². The lowest BCUT2D eigenvalue weighted by Gasteiger charge is -2.20. The van der Waals surface area contributed by atoms with Gasteiger partial charge in [0.15, 0.2) is 0 Å². The van der Waals surface area contributed by atoms with Gasteiger partial charge in [0.05, 0.1) is 6.10 Å². The predicted molar refractivity (Wildman–Crippen MR) is 58.8 cm³/mol. The van der Waals surface area contributed by atoms with E-state index in [2.05, 4.69) is 0 Å². The van der Waals surface area contributed by atoms with Crippen LogP contribution in [0, 0.1) is 5.82 Å². The average Bonchev–Trinajstić information content (AvgIpc) is 2.85. The van der Waals surface area contributed by atoms with E-state index >= 15 is 0 Å². The molecule has 0 spiro atoms. The highest BCUT2D eigenvalue weighted by atomic mass is 19.1. The Morgan fingerprint density at radius 3 is 2.40 bits per heavy atom. The second-order valence-electron chi connectivity index (χ2n) is 5.21. The highest BCUT2D eigenvalue weighted by molar-refractivity contribution is 5.33. The van der Waals surface area contributed by atoms with E-state index in [0.29, 0.717) is 11.9 Å². The van der Waals surface area contributed by atoms with Crippen LogP contribution in [0.4, 0.5) is 4.39 Å². The second-order valence-corrected chi connectivity index (χ2v) is 5.21. The van der Waals surface area contributed by atoms with E-state index < -0.39 is 0 Å². The maximum atomic E-state index is 13.7. The van der Waals surface area contributed by atoms with Gasteiger partial charge in [0.25, 0.3) is 0 Å². The first kappa shape index (κ1) is 10.5. The number of ether oxygens (including phenoxy) is 1. The summed E-state index contributed by atoms with van der Waals surface area (Å²) in [5.74, 6) is 0.489. The molecule has 1 nitrogen and oxygen atoms in total. The molecule has 0 radical (unpaired) electrons. The van der Waals surface area contributed by atoms with E-state index in [1.54, 1.807) is 0 Å². The lowest BCUT2D eigenvalue weighted by Crippen LogP contribution is -2.13. The van der Waals surface area contributed by atoms with Gasteiger partial charge in [-0.3, -0.25) is 0 Å². The maximum absolute atomic E-state index is 13.7. The SMILES string of the molecule is CC(C)(C)c1ccc(OC2CC2)cc1F. The number of benzene rings is 1. The molecule has 1 aromatic carbocycles. The molecular formula is C13H17FO. The normalized spacial score (nSPS) is 16.5. The van der Waals surface area contributed by atoms with Crippen molar-refractivity contribution < 1.29 is 9.13 Å². The van der Waals surface area contributed by atoms with Crippen LogP contribution < -0.4 is 4.74 Å². The molecular weight excluding hydrogens is 191 g/mol. The summed E-state index contributed by atoms with van der Waals surface area (Å²) in [5, 5.41) is 0. The molecule has 2 rings (SSSR count). The molecule has 0 saturated heterocycles. The highest BCUT2D eigenvalue weighted by Gasteiger charge is 2.24. The van der Waals surface area contributed by atoms with Gasteiger partial charge in [0.1, 0.15) is 11.6 Å². The third kappa shape index (κ3) is 2.49. The minimum Gasteiger partial charge on any atom is -0.490 e. The molecule has 1 aliphatic rings. The first-order chi connectivity index (χ1) is 6.97. The number of rotatable bonds is 2. The molecule has 0 heterocycles. The van der Waals surface area contributed by atoms with Gasteiger partial charge in [-0.2, -0.15) is 0 Å². The summed E-state index contributed by atoms with van der Waals surface area (Å²) in [5.41, 5.74) is 0.591. The molecule has 2 heteroatoms. The molecule has 0 unspecified atom stereocenters. The molecule has 1 aliphatic carbocycles. The fourth-order valence-corrected chi connectivity index (χ4v) is 1.56. The Balaban J connectivity index is 2.21. The van der Waals surface area contributed by atoms with Gasteiger partial charge < -0.3 is 4.74 Å². The summed E-state index contributed by atoms with van der Waals surface area (Å²) in [6.45, 7) is 6.02. The monoisotopic (exact) mass is 208 g/mol. The van der Waals surface area contributed by atoms with E-state index in [9.17, 15) is 4.39 Å². The molecule has 0 atom stereocenters. The Kier molecular flexibility index (Phi) is 2.45. The van der Waals surface area contributed by atoms with Gasteiger partial charge in [-0.05, 0) is 29.9 Å². The standard InChI is InChI=1S/C13H17FO/c1-13(2,3)11-7-6-10(8-12(11)14)15-9-4-5-9/h6-9H,4-5H2,1-3H3. The predicted octanol–water partition coefficient (Wildman–Crippen LogP) is 3.66. The summed E-state index contributed by atoms with van der Waals surface area (Å²) in [6.07, 6.45) is 2.52. The van der Waals surface area contributed by atoms with Crippen LogP contribution in [-0.4, -0.2) is 6.10 Å². The molecule has 1 saturated carbocycles. The molecule has 1 fully saturated rings. The summed E-state index contributed by atoms with van der Waals surface area (Å²) in [4.78, 5) is 0. The van der Waals surface area contributed by atoms with E-state index in [1.807, 2.05) is 32.9 Å². The van der Waals surface area contributed by atoms with E-state index in [0.717, 1.165) is 18.4 Å². The van der Waals surface area contributed by atoms with Crippen LogP contribution in [0.3, 0.4) is 0 Å². The summed E-state index contributed by atoms with van der Waals surface area (Å²) < 4.78 is 19.3. The Morgan fingerprint density at radius 1 is 1.27 bits per heavy atom. The van der Waals surface area contributed by atoms with Crippen molar-refractivity contribution in [1.29, 1.82) is 0 Å². The summed E-state index contributed by atoms with van der Waals surface area (Å²) in [7, 11) is 0. The maximum Gasteiger partial charge on any atom is 0.130 e. The van der Waals surface area contributed by atoms with Gasteiger partial charge in [0, 0.05) is 6.07 Å². The van der Waals surface area contributed by atoms with Crippen LogP contribution in [0.5, 0.6) is 5.75 Å². The molecule has 1 aromatic rings. The highest BCUT2D eigenvalue weighted by Crippen LogP contribution is 2.31. The molecule has 0 N–H and O–H groups in total. The topological polar surface area (TPSA) is 9.23 Å². The zero-order valence-electron chi connectivity index (χ0n) is 9.51. The fourth-order valence-electron chi connectivity index (χ4n) is 1.56. The van der Waals surface area contributed by atoms with Gasteiger partial charge in [-0.25, -0.2) is 4.39 Å². The van der Waals surface area contributed by atoms with Crippen molar-refractivity contribution in [2.45, 2.75) is 45.1 Å². The second kappa shape index (κ2) is 3.51. The van der Waals surface area contributed by atoms with Crippen LogP contribution in [0.15, 0.2) is 18.2 Å². The number of halogens is 1. The summed E-state index contributed by atoms with van der Waals surface area (Å²) >= 11 is 0. The van der Waals surface area contributed by atoms with Crippen LogP contribution in [0.2, 0.25) is 0 Å². The van der Waals surface area contributed by atoms with E-state index in [1.165, 1.54) is 6.07 Å². The molecule has 82 valence electrons. The van der Waals surface area contributed by atoms with Crippen molar-refractivity contribution in [2.24, 2.45) is 0 Å². The van der Waals surface area contributed by atoms with E-state index in [-0.39, 0.29) is 11.2 Å². The average molecular weight is 208 g/mol. The van der Waals surface area contributed by atoms with Crippen molar-refractivity contribution in [3.63, 3.8) is 0 Å². The lowest BCUT2D eigenvalue weighted by molar-refractivity contribution is 0.301. The lowest BCUT2D eigenvalue weighted by atomic mass is 9.87. The third-order valence-electron chi connectivity index (χ3n) is 2.58. The third-order valence-corrected chi connectivity index (χ3v) is 2.58. The number of hydrogen-bond acceptors (Lipinski definition) is 1. The van der Waals surface area contributed by atoms with Crippen LogP contribution in [0.1, 0.15) is 39.2 Å². The van der Waals surface area contributed by atoms with Gasteiger partial charge >= 0.3 is 0 Å². The van der Waals surface area contributed by atoms with Gasteiger partial charge in [0.2, 0.25) is 0 Å². The fraction of sp³-hybridized carbons (Fsp3) is 0.538. The van der Waals surface area contributed by atoms with Crippen LogP contribution in [0.25, 0.3) is 0 Å². The largest absolute Gasteiger partial charge is 0.490 e. The minimum atomic E-state index is -0.166.